The Labute approximate surface area is 119 Å². The maximum atomic E-state index is 12.7. The van der Waals surface area contributed by atoms with Crippen LogP contribution in [0.3, 0.4) is 0 Å². The van der Waals surface area contributed by atoms with Crippen LogP contribution in [0.25, 0.3) is 11.3 Å². The van der Waals surface area contributed by atoms with Crippen molar-refractivity contribution in [3.8, 4) is 11.3 Å². The average molecular weight is 350 g/mol. The number of aromatic nitrogens is 2. The molecule has 1 heterocycles. The lowest BCUT2D eigenvalue weighted by atomic mass is 10.1. The molecule has 20 heavy (non-hydrogen) atoms. The van der Waals surface area contributed by atoms with Crippen LogP contribution in [0.4, 0.5) is 18.9 Å². The number of hydrogen-bond donors (Lipinski definition) is 0. The Kier molecular flexibility index (Phi) is 3.55. The fraction of sp³-hybridized carbons (Fsp3) is 0.182. The summed E-state index contributed by atoms with van der Waals surface area (Å²) in [5, 5.41) is 14.5. The summed E-state index contributed by atoms with van der Waals surface area (Å²) in [6.07, 6.45) is -4.53. The van der Waals surface area contributed by atoms with Gasteiger partial charge in [-0.15, -0.1) is 0 Å². The van der Waals surface area contributed by atoms with Crippen LogP contribution in [0.15, 0.2) is 28.7 Å². The minimum atomic E-state index is -4.53. The molecule has 1 aromatic carbocycles. The highest BCUT2D eigenvalue weighted by Crippen LogP contribution is 2.34. The average Bonchev–Trinajstić information content (AvgIpc) is 2.71. The van der Waals surface area contributed by atoms with Crippen LogP contribution in [0.2, 0.25) is 0 Å². The Morgan fingerprint density at radius 1 is 1.35 bits per heavy atom. The zero-order chi connectivity index (χ0) is 15.1. The summed E-state index contributed by atoms with van der Waals surface area (Å²) in [5.74, 6) is 0. The van der Waals surface area contributed by atoms with E-state index in [0.29, 0.717) is 4.68 Å². The molecule has 1 aromatic heterocycles. The summed E-state index contributed by atoms with van der Waals surface area (Å²) in [7, 11) is 1.17. The zero-order valence-electron chi connectivity index (χ0n) is 9.98. The Morgan fingerprint density at radius 2 is 2.00 bits per heavy atom. The molecule has 0 saturated carbocycles. The van der Waals surface area contributed by atoms with Crippen molar-refractivity contribution < 1.29 is 18.1 Å². The van der Waals surface area contributed by atoms with Gasteiger partial charge in [0.05, 0.1) is 15.1 Å². The third-order valence-electron chi connectivity index (χ3n) is 2.61. The van der Waals surface area contributed by atoms with Gasteiger partial charge in [0.15, 0.2) is 0 Å². The highest BCUT2D eigenvalue weighted by atomic mass is 79.9. The Hall–Kier alpha value is -1.90. The monoisotopic (exact) mass is 349 g/mol. The molecule has 0 aliphatic rings. The Morgan fingerprint density at radius 3 is 2.50 bits per heavy atom. The van der Waals surface area contributed by atoms with Crippen LogP contribution >= 0.6 is 15.9 Å². The largest absolute Gasteiger partial charge is 0.433 e. The second-order valence-corrected chi connectivity index (χ2v) is 4.81. The van der Waals surface area contributed by atoms with Gasteiger partial charge < -0.3 is 0 Å². The summed E-state index contributed by atoms with van der Waals surface area (Å²) in [5.41, 5.74) is -0.888. The number of rotatable bonds is 2. The Balaban J connectivity index is 2.53. The first-order valence-corrected chi connectivity index (χ1v) is 6.05. The van der Waals surface area contributed by atoms with Crippen molar-refractivity contribution in [1.82, 2.24) is 9.78 Å². The van der Waals surface area contributed by atoms with E-state index in [9.17, 15) is 23.3 Å². The molecule has 0 radical (unpaired) electrons. The standard InChI is InChI=1S/C11H7BrF3N3O2/c1-17-10(11(13,14)15)5-8(16-17)6-2-3-7(12)9(4-6)18(19)20/h2-5H,1H3. The van der Waals surface area contributed by atoms with E-state index in [4.69, 9.17) is 0 Å². The molecule has 9 heteroatoms. The number of nitro groups is 1. The van der Waals surface area contributed by atoms with Gasteiger partial charge in [-0.1, -0.05) is 6.07 Å². The van der Waals surface area contributed by atoms with E-state index in [1.165, 1.54) is 25.2 Å². The molecule has 2 aromatic rings. The van der Waals surface area contributed by atoms with E-state index >= 15 is 0 Å². The van der Waals surface area contributed by atoms with Crippen molar-refractivity contribution in [3.05, 3.63) is 44.5 Å². The Bertz CT molecular complexity index is 682. The SMILES string of the molecule is Cn1nc(-c2ccc(Br)c([N+](=O)[O-])c2)cc1C(F)(F)F. The number of benzene rings is 1. The quantitative estimate of drug-likeness (QED) is 0.612. The maximum absolute atomic E-state index is 12.7. The highest BCUT2D eigenvalue weighted by molar-refractivity contribution is 9.10. The summed E-state index contributed by atoms with van der Waals surface area (Å²) < 4.78 is 39.0. The van der Waals surface area contributed by atoms with E-state index in [1.807, 2.05) is 0 Å². The number of nitro benzene ring substituents is 1. The van der Waals surface area contributed by atoms with E-state index in [2.05, 4.69) is 21.0 Å². The normalized spacial score (nSPS) is 11.7. The predicted molar refractivity (Wildman–Crippen MR) is 68.0 cm³/mol. The first-order valence-electron chi connectivity index (χ1n) is 5.25. The zero-order valence-corrected chi connectivity index (χ0v) is 11.6. The second-order valence-electron chi connectivity index (χ2n) is 3.96. The minimum absolute atomic E-state index is 0.0235. The molecule has 0 saturated heterocycles. The van der Waals surface area contributed by atoms with Gasteiger partial charge in [-0.2, -0.15) is 18.3 Å². The highest BCUT2D eigenvalue weighted by Gasteiger charge is 2.35. The lowest BCUT2D eigenvalue weighted by Crippen LogP contribution is -2.11. The van der Waals surface area contributed by atoms with Gasteiger partial charge in [-0.05, 0) is 28.1 Å². The van der Waals surface area contributed by atoms with Gasteiger partial charge in [0.25, 0.3) is 5.69 Å². The molecule has 106 valence electrons. The molecule has 0 aliphatic heterocycles. The van der Waals surface area contributed by atoms with Crippen molar-refractivity contribution in [2.75, 3.05) is 0 Å². The smallest absolute Gasteiger partial charge is 0.263 e. The van der Waals surface area contributed by atoms with Crippen molar-refractivity contribution in [2.45, 2.75) is 6.18 Å². The molecule has 5 nitrogen and oxygen atoms in total. The number of nitrogens with zero attached hydrogens (tertiary/aromatic N) is 3. The summed E-state index contributed by atoms with van der Waals surface area (Å²) in [4.78, 5) is 10.2. The number of alkyl halides is 3. The van der Waals surface area contributed by atoms with Crippen LogP contribution < -0.4 is 0 Å². The fourth-order valence-corrected chi connectivity index (χ4v) is 2.08. The van der Waals surface area contributed by atoms with Crippen LogP contribution in [-0.4, -0.2) is 14.7 Å². The number of aryl methyl sites for hydroxylation is 1. The molecule has 2 rings (SSSR count). The molecule has 0 N–H and O–H groups in total. The van der Waals surface area contributed by atoms with Crippen LogP contribution in [0, 0.1) is 10.1 Å². The van der Waals surface area contributed by atoms with Crippen molar-refractivity contribution in [1.29, 1.82) is 0 Å². The first kappa shape index (κ1) is 14.5. The third kappa shape index (κ3) is 2.67. The molecule has 0 amide bonds. The van der Waals surface area contributed by atoms with E-state index in [-0.39, 0.29) is 21.4 Å². The van der Waals surface area contributed by atoms with Crippen LogP contribution in [-0.2, 0) is 13.2 Å². The minimum Gasteiger partial charge on any atom is -0.263 e. The van der Waals surface area contributed by atoms with Gasteiger partial charge in [-0.25, -0.2) is 0 Å². The number of halogens is 4. The second kappa shape index (κ2) is 4.89. The van der Waals surface area contributed by atoms with Crippen molar-refractivity contribution in [2.24, 2.45) is 7.05 Å². The molecule has 0 atom stereocenters. The summed E-state index contributed by atoms with van der Waals surface area (Å²) >= 11 is 3.01. The van der Waals surface area contributed by atoms with Gasteiger partial charge in [0.1, 0.15) is 5.69 Å². The molecule has 0 unspecified atom stereocenters. The van der Waals surface area contributed by atoms with Crippen LogP contribution in [0.1, 0.15) is 5.69 Å². The van der Waals surface area contributed by atoms with E-state index < -0.39 is 16.8 Å². The van der Waals surface area contributed by atoms with Gasteiger partial charge >= 0.3 is 6.18 Å². The molecule has 0 fully saturated rings. The predicted octanol–water partition coefficient (Wildman–Crippen LogP) is 3.78. The molecule has 0 bridgehead atoms. The molecular weight excluding hydrogens is 343 g/mol. The van der Waals surface area contributed by atoms with Gasteiger partial charge in [0, 0.05) is 18.7 Å². The first-order chi connectivity index (χ1) is 9.20. The number of hydrogen-bond acceptors (Lipinski definition) is 3. The lowest BCUT2D eigenvalue weighted by molar-refractivity contribution is -0.385. The van der Waals surface area contributed by atoms with Gasteiger partial charge in [0.2, 0.25) is 0 Å². The van der Waals surface area contributed by atoms with E-state index in [0.717, 1.165) is 6.07 Å². The van der Waals surface area contributed by atoms with Crippen molar-refractivity contribution in [3.63, 3.8) is 0 Å². The fourth-order valence-electron chi connectivity index (χ4n) is 1.69. The molecular formula is C11H7BrF3N3O2. The topological polar surface area (TPSA) is 61.0 Å². The van der Waals surface area contributed by atoms with Crippen molar-refractivity contribution >= 4 is 21.6 Å². The molecule has 0 spiro atoms. The van der Waals surface area contributed by atoms with E-state index in [1.54, 1.807) is 0 Å². The van der Waals surface area contributed by atoms with Crippen LogP contribution in [0.5, 0.6) is 0 Å². The lowest BCUT2D eigenvalue weighted by Gasteiger charge is -2.04. The summed E-state index contributed by atoms with van der Waals surface area (Å²) in [6, 6.07) is 4.88. The van der Waals surface area contributed by atoms with Gasteiger partial charge in [-0.3, -0.25) is 14.8 Å². The summed E-state index contributed by atoms with van der Waals surface area (Å²) in [6.45, 7) is 0. The third-order valence-corrected chi connectivity index (χ3v) is 3.28. The maximum Gasteiger partial charge on any atom is 0.433 e. The molecule has 0 aliphatic carbocycles.